The van der Waals surface area contributed by atoms with Crippen LogP contribution in [-0.2, 0) is 9.53 Å². The molecule has 6 heteroatoms. The Balaban J connectivity index is 4.03. The number of hydrogen-bond acceptors (Lipinski definition) is 3. The van der Waals surface area contributed by atoms with Crippen LogP contribution >= 0.6 is 22.6 Å². The topological polar surface area (TPSA) is 46.5 Å². The molecule has 0 spiro atoms. The molecule has 3 nitrogen and oxygen atoms in total. The van der Waals surface area contributed by atoms with Crippen LogP contribution in [0.5, 0.6) is 0 Å². The summed E-state index contributed by atoms with van der Waals surface area (Å²) in [5.41, 5.74) is 0. The van der Waals surface area contributed by atoms with Crippen LogP contribution in [-0.4, -0.2) is 30.7 Å². The summed E-state index contributed by atoms with van der Waals surface area (Å²) in [5, 5.41) is 8.55. The van der Waals surface area contributed by atoms with E-state index in [2.05, 4.69) is 4.74 Å². The lowest BCUT2D eigenvalue weighted by Crippen LogP contribution is -2.27. The third kappa shape index (κ3) is 7.64. The largest absolute Gasteiger partial charge is 0.464 e. The number of allylic oxidation sites excluding steroid dienone is 1. The summed E-state index contributed by atoms with van der Waals surface area (Å²) in [6.07, 6.45) is 4.42. The summed E-state index contributed by atoms with van der Waals surface area (Å²) in [5.74, 6) is -5.08. The van der Waals surface area contributed by atoms with E-state index in [-0.39, 0.29) is 6.61 Å². The summed E-state index contributed by atoms with van der Waals surface area (Å²) >= 11 is 1.80. The van der Waals surface area contributed by atoms with Gasteiger partial charge in [-0.25, -0.2) is 4.79 Å². The minimum atomic E-state index is -3.55. The Labute approximate surface area is 113 Å². The Bertz CT molecular complexity index is 267. The van der Waals surface area contributed by atoms with E-state index in [1.807, 2.05) is 0 Å². The van der Waals surface area contributed by atoms with Crippen LogP contribution in [0.4, 0.5) is 8.78 Å². The fourth-order valence-electron chi connectivity index (χ4n) is 1.22. The zero-order valence-electron chi connectivity index (χ0n) is 9.72. The molecule has 0 radical (unpaired) electrons. The Morgan fingerprint density at radius 2 is 1.94 bits per heavy atom. The number of halogens is 3. The third-order valence-corrected chi connectivity index (χ3v) is 2.97. The zero-order valence-corrected chi connectivity index (χ0v) is 11.9. The lowest BCUT2D eigenvalue weighted by molar-refractivity contribution is -0.161. The molecule has 0 aromatic carbocycles. The fraction of sp³-hybridized carbons (Fsp3) is 0.727. The lowest BCUT2D eigenvalue weighted by atomic mass is 10.1. The zero-order chi connectivity index (χ0) is 13.3. The number of ether oxygens (including phenoxy) is 1. The van der Waals surface area contributed by atoms with Gasteiger partial charge in [0.05, 0.1) is 7.11 Å². The van der Waals surface area contributed by atoms with Crippen molar-refractivity contribution in [2.45, 2.75) is 38.0 Å². The average Bonchev–Trinajstić information content (AvgIpc) is 2.27. The molecular weight excluding hydrogens is 345 g/mol. The molecular formula is C11H17F2IO3. The van der Waals surface area contributed by atoms with Crippen LogP contribution in [0, 0.1) is 0 Å². The number of methoxy groups -OCH3 is 1. The first kappa shape index (κ1) is 16.8. The maximum Gasteiger partial charge on any atom is 0.381 e. The molecule has 0 unspecified atom stereocenters. The molecule has 0 aliphatic heterocycles. The molecule has 0 aromatic heterocycles. The number of unbranched alkanes of at least 4 members (excludes halogenated alkanes) is 3. The van der Waals surface area contributed by atoms with Crippen molar-refractivity contribution in [3.05, 3.63) is 9.66 Å². The van der Waals surface area contributed by atoms with Gasteiger partial charge in [0, 0.05) is 12.7 Å². The van der Waals surface area contributed by atoms with Gasteiger partial charge < -0.3 is 9.84 Å². The van der Waals surface area contributed by atoms with Crippen molar-refractivity contribution in [3.63, 3.8) is 0 Å². The second-order valence-corrected chi connectivity index (χ2v) is 4.98. The molecule has 17 heavy (non-hydrogen) atoms. The van der Waals surface area contributed by atoms with Crippen LogP contribution in [0.3, 0.4) is 0 Å². The first-order valence-electron chi connectivity index (χ1n) is 5.38. The highest BCUT2D eigenvalue weighted by molar-refractivity contribution is 14.1. The highest BCUT2D eigenvalue weighted by atomic mass is 127. The van der Waals surface area contributed by atoms with E-state index in [1.165, 1.54) is 0 Å². The van der Waals surface area contributed by atoms with Gasteiger partial charge in [-0.05, 0) is 45.4 Å². The van der Waals surface area contributed by atoms with Crippen molar-refractivity contribution in [1.82, 2.24) is 0 Å². The number of alkyl halides is 2. The molecule has 1 N–H and O–H groups in total. The molecule has 0 bridgehead atoms. The first-order chi connectivity index (χ1) is 7.94. The van der Waals surface area contributed by atoms with Crippen molar-refractivity contribution in [2.75, 3.05) is 13.7 Å². The normalized spacial score (nSPS) is 12.6. The lowest BCUT2D eigenvalue weighted by Gasteiger charge is -2.09. The van der Waals surface area contributed by atoms with Crippen molar-refractivity contribution in [2.24, 2.45) is 0 Å². The monoisotopic (exact) mass is 362 g/mol. The van der Waals surface area contributed by atoms with Crippen LogP contribution < -0.4 is 0 Å². The van der Waals surface area contributed by atoms with Gasteiger partial charge in [-0.3, -0.25) is 0 Å². The van der Waals surface area contributed by atoms with E-state index in [4.69, 9.17) is 5.11 Å². The number of carbonyl (C=O) groups is 1. The van der Waals surface area contributed by atoms with Crippen LogP contribution in [0.2, 0.25) is 0 Å². The van der Waals surface area contributed by atoms with E-state index in [0.717, 1.165) is 32.8 Å². The van der Waals surface area contributed by atoms with Gasteiger partial charge in [-0.2, -0.15) is 8.78 Å². The smallest absolute Gasteiger partial charge is 0.381 e. The molecule has 0 aromatic rings. The Hall–Kier alpha value is -0.240. The molecule has 0 aliphatic rings. The molecule has 0 aliphatic carbocycles. The summed E-state index contributed by atoms with van der Waals surface area (Å²) in [7, 11) is 0.936. The van der Waals surface area contributed by atoms with Crippen molar-refractivity contribution in [3.8, 4) is 0 Å². The highest BCUT2D eigenvalue weighted by Gasteiger charge is 2.37. The maximum atomic E-state index is 13.1. The van der Waals surface area contributed by atoms with Crippen LogP contribution in [0.25, 0.3) is 0 Å². The average molecular weight is 362 g/mol. The minimum absolute atomic E-state index is 0.160. The van der Waals surface area contributed by atoms with E-state index >= 15 is 0 Å². The Kier molecular flexibility index (Phi) is 8.67. The van der Waals surface area contributed by atoms with E-state index in [1.54, 1.807) is 22.6 Å². The van der Waals surface area contributed by atoms with Gasteiger partial charge in [0.15, 0.2) is 0 Å². The third-order valence-electron chi connectivity index (χ3n) is 2.12. The number of aliphatic hydroxyl groups excluding tert-OH is 1. The van der Waals surface area contributed by atoms with Crippen molar-refractivity contribution in [1.29, 1.82) is 0 Å². The van der Waals surface area contributed by atoms with Gasteiger partial charge in [-0.1, -0.05) is 12.8 Å². The summed E-state index contributed by atoms with van der Waals surface area (Å²) < 4.78 is 30.7. The number of hydrogen-bond donors (Lipinski definition) is 1. The van der Waals surface area contributed by atoms with Crippen LogP contribution in [0.1, 0.15) is 32.1 Å². The van der Waals surface area contributed by atoms with E-state index < -0.39 is 11.9 Å². The molecule has 0 fully saturated rings. The van der Waals surface area contributed by atoms with Crippen molar-refractivity contribution >= 4 is 28.6 Å². The van der Waals surface area contributed by atoms with E-state index in [0.29, 0.717) is 16.1 Å². The van der Waals surface area contributed by atoms with Gasteiger partial charge in [0.25, 0.3) is 0 Å². The van der Waals surface area contributed by atoms with Gasteiger partial charge in [0.1, 0.15) is 0 Å². The summed E-state index contributed by atoms with van der Waals surface area (Å²) in [4.78, 5) is 10.7. The standard InChI is InChI=1S/C11H17F2IO3/c1-17-10(16)11(12,13)8-9(14)6-4-2-3-5-7-15/h8,15H,2-7H2,1H3. The number of esters is 1. The fourth-order valence-corrected chi connectivity index (χ4v) is 2.00. The van der Waals surface area contributed by atoms with Crippen LogP contribution in [0.15, 0.2) is 9.66 Å². The predicted octanol–water partition coefficient (Wildman–Crippen LogP) is 3.06. The van der Waals surface area contributed by atoms with E-state index in [9.17, 15) is 13.6 Å². The maximum absolute atomic E-state index is 13.1. The van der Waals surface area contributed by atoms with Gasteiger partial charge in [-0.15, -0.1) is 0 Å². The molecule has 0 heterocycles. The summed E-state index contributed by atoms with van der Waals surface area (Å²) in [6.45, 7) is 0.160. The Morgan fingerprint density at radius 1 is 1.35 bits per heavy atom. The molecule has 0 rings (SSSR count). The Morgan fingerprint density at radius 3 is 2.47 bits per heavy atom. The molecule has 0 atom stereocenters. The van der Waals surface area contributed by atoms with Crippen molar-refractivity contribution < 1.29 is 23.4 Å². The molecule has 100 valence electrons. The first-order valence-corrected chi connectivity index (χ1v) is 6.46. The summed E-state index contributed by atoms with van der Waals surface area (Å²) in [6, 6.07) is 0. The minimum Gasteiger partial charge on any atom is -0.464 e. The second kappa shape index (κ2) is 8.79. The number of rotatable bonds is 8. The van der Waals surface area contributed by atoms with Gasteiger partial charge >= 0.3 is 11.9 Å². The molecule has 0 saturated carbocycles. The molecule has 0 saturated heterocycles. The quantitative estimate of drug-likeness (QED) is 0.410. The number of aliphatic hydroxyl groups is 1. The highest BCUT2D eigenvalue weighted by Crippen LogP contribution is 2.25. The second-order valence-electron chi connectivity index (χ2n) is 3.59. The number of carbonyl (C=O) groups excluding carboxylic acids is 1. The SMILES string of the molecule is COC(=O)C(F)(F)C=C(I)CCCCCCO. The van der Waals surface area contributed by atoms with Gasteiger partial charge in [0.2, 0.25) is 0 Å². The predicted molar refractivity (Wildman–Crippen MR) is 69.2 cm³/mol. The molecule has 0 amide bonds.